The third kappa shape index (κ3) is 2.46. The van der Waals surface area contributed by atoms with Crippen LogP contribution in [0.3, 0.4) is 0 Å². The average molecular weight is 380 g/mol. The summed E-state index contributed by atoms with van der Waals surface area (Å²) in [4.78, 5) is 14.9. The van der Waals surface area contributed by atoms with Crippen LogP contribution in [-0.2, 0) is 14.2 Å². The van der Waals surface area contributed by atoms with Crippen LogP contribution in [-0.4, -0.2) is 50.8 Å². The lowest BCUT2D eigenvalue weighted by molar-refractivity contribution is -0.178. The molecule has 3 saturated heterocycles. The van der Waals surface area contributed by atoms with Gasteiger partial charge in [0.1, 0.15) is 11.8 Å². The smallest absolute Gasteiger partial charge is 0.414 e. The van der Waals surface area contributed by atoms with Crippen LogP contribution >= 0.6 is 0 Å². The molecule has 1 atom stereocenters. The predicted octanol–water partition coefficient (Wildman–Crippen LogP) is 3.04. The van der Waals surface area contributed by atoms with Gasteiger partial charge in [0.15, 0.2) is 17.4 Å². The number of cyclic esters (lactones) is 1. The van der Waals surface area contributed by atoms with Gasteiger partial charge in [-0.2, -0.15) is 0 Å². The monoisotopic (exact) mass is 380 g/mol. The maximum atomic E-state index is 14.9. The molecular weight excluding hydrogens is 358 g/mol. The topological polar surface area (TPSA) is 51.2 Å². The van der Waals surface area contributed by atoms with Crippen molar-refractivity contribution < 1.29 is 27.8 Å². The number of carbonyl (C=O) groups is 1. The molecule has 6 nitrogen and oxygen atoms in total. The number of amides is 1. The number of hydrogen-bond acceptors (Lipinski definition) is 5. The highest BCUT2D eigenvalue weighted by atomic mass is 19.1. The van der Waals surface area contributed by atoms with Crippen molar-refractivity contribution >= 4 is 17.5 Å². The molecule has 1 unspecified atom stereocenters. The number of hydrogen-bond donors (Lipinski definition) is 0. The van der Waals surface area contributed by atoms with Crippen LogP contribution in [0.15, 0.2) is 12.1 Å². The van der Waals surface area contributed by atoms with E-state index in [1.807, 2.05) is 6.92 Å². The molecule has 0 aromatic heterocycles. The molecule has 1 saturated carbocycles. The van der Waals surface area contributed by atoms with E-state index in [2.05, 4.69) is 0 Å². The van der Waals surface area contributed by atoms with Gasteiger partial charge in [0.05, 0.1) is 32.0 Å². The highest BCUT2D eigenvalue weighted by Crippen LogP contribution is 2.62. The molecule has 1 aromatic rings. The minimum absolute atomic E-state index is 0.0828. The molecule has 3 heterocycles. The molecule has 0 N–H and O–H groups in total. The summed E-state index contributed by atoms with van der Waals surface area (Å²) in [7, 11) is 0. The maximum absolute atomic E-state index is 14.9. The Morgan fingerprint density at radius 1 is 1.15 bits per heavy atom. The lowest BCUT2D eigenvalue weighted by Crippen LogP contribution is -2.40. The Morgan fingerprint density at radius 3 is 2.37 bits per heavy atom. The molecule has 27 heavy (non-hydrogen) atoms. The van der Waals surface area contributed by atoms with Gasteiger partial charge in [0.2, 0.25) is 0 Å². The maximum Gasteiger partial charge on any atom is 0.414 e. The second kappa shape index (κ2) is 5.78. The Bertz CT molecular complexity index is 769. The highest BCUT2D eigenvalue weighted by molar-refractivity contribution is 5.90. The molecule has 8 heteroatoms. The zero-order valence-corrected chi connectivity index (χ0v) is 15.2. The molecular formula is C19H22F2N2O4. The van der Waals surface area contributed by atoms with Crippen molar-refractivity contribution in [3.63, 3.8) is 0 Å². The van der Waals surface area contributed by atoms with Crippen molar-refractivity contribution in [2.45, 2.75) is 38.1 Å². The van der Waals surface area contributed by atoms with Gasteiger partial charge in [-0.1, -0.05) is 6.92 Å². The summed E-state index contributed by atoms with van der Waals surface area (Å²) >= 11 is 0. The van der Waals surface area contributed by atoms with E-state index in [1.54, 1.807) is 4.90 Å². The lowest BCUT2D eigenvalue weighted by Gasteiger charge is -2.28. The molecule has 1 amide bonds. The standard InChI is InChI=1S/C19H22F2N2O4/c1-2-13-9-23(17(24)27-13)12-7-14(20)16(15(21)8-12)22-10-18(3-4-18)19(11-22)25-5-6-26-19/h7-8,13H,2-6,9-11H2,1H3. The molecule has 146 valence electrons. The number of halogens is 2. The number of nitrogens with zero attached hydrogens (tertiary/aromatic N) is 2. The summed E-state index contributed by atoms with van der Waals surface area (Å²) in [5, 5.41) is 0. The van der Waals surface area contributed by atoms with Crippen molar-refractivity contribution in [3.05, 3.63) is 23.8 Å². The average Bonchev–Trinajstić information content (AvgIpc) is 3.00. The molecule has 2 spiro atoms. The summed E-state index contributed by atoms with van der Waals surface area (Å²) in [6, 6.07) is 2.41. The number of rotatable bonds is 3. The molecule has 1 aliphatic carbocycles. The van der Waals surface area contributed by atoms with Gasteiger partial charge in [-0.3, -0.25) is 4.90 Å². The third-order valence-corrected chi connectivity index (χ3v) is 6.27. The number of anilines is 2. The molecule has 0 radical (unpaired) electrons. The number of fused-ring (bicyclic) bond motifs is 1. The second-order valence-corrected chi connectivity index (χ2v) is 7.87. The summed E-state index contributed by atoms with van der Waals surface area (Å²) in [6.45, 7) is 4.03. The molecule has 4 aliphatic rings. The van der Waals surface area contributed by atoms with Crippen LogP contribution in [0.2, 0.25) is 0 Å². The summed E-state index contributed by atoms with van der Waals surface area (Å²) in [5.41, 5.74) is -0.0764. The minimum atomic E-state index is -0.752. The van der Waals surface area contributed by atoms with Gasteiger partial charge < -0.3 is 19.1 Å². The van der Waals surface area contributed by atoms with Crippen molar-refractivity contribution in [3.8, 4) is 0 Å². The summed E-state index contributed by atoms with van der Waals surface area (Å²) < 4.78 is 46.8. The fraction of sp³-hybridized carbons (Fsp3) is 0.632. The van der Waals surface area contributed by atoms with Crippen LogP contribution in [0.4, 0.5) is 25.0 Å². The summed E-state index contributed by atoms with van der Waals surface area (Å²) in [6.07, 6.45) is 1.70. The normalized spacial score (nSPS) is 27.8. The van der Waals surface area contributed by atoms with E-state index < -0.39 is 23.5 Å². The quantitative estimate of drug-likeness (QED) is 0.807. The Labute approximate surface area is 156 Å². The van der Waals surface area contributed by atoms with Gasteiger partial charge in [0, 0.05) is 24.1 Å². The first-order valence-electron chi connectivity index (χ1n) is 9.47. The van der Waals surface area contributed by atoms with Crippen molar-refractivity contribution in [1.82, 2.24) is 0 Å². The van der Waals surface area contributed by atoms with Gasteiger partial charge >= 0.3 is 6.09 Å². The van der Waals surface area contributed by atoms with E-state index in [4.69, 9.17) is 14.2 Å². The van der Waals surface area contributed by atoms with Crippen molar-refractivity contribution in [1.29, 1.82) is 0 Å². The van der Waals surface area contributed by atoms with Crippen LogP contribution in [0.25, 0.3) is 0 Å². The predicted molar refractivity (Wildman–Crippen MR) is 92.8 cm³/mol. The van der Waals surface area contributed by atoms with E-state index >= 15 is 0 Å². The molecule has 3 aliphatic heterocycles. The lowest BCUT2D eigenvalue weighted by atomic mass is 10.00. The van der Waals surface area contributed by atoms with E-state index in [9.17, 15) is 13.6 Å². The van der Waals surface area contributed by atoms with Gasteiger partial charge in [0.25, 0.3) is 0 Å². The first kappa shape index (κ1) is 17.2. The largest absolute Gasteiger partial charge is 0.444 e. The van der Waals surface area contributed by atoms with Gasteiger partial charge in [-0.05, 0) is 19.3 Å². The fourth-order valence-electron chi connectivity index (χ4n) is 4.62. The minimum Gasteiger partial charge on any atom is -0.444 e. The Morgan fingerprint density at radius 2 is 1.81 bits per heavy atom. The van der Waals surface area contributed by atoms with E-state index in [1.165, 1.54) is 17.0 Å². The zero-order valence-electron chi connectivity index (χ0n) is 15.2. The fourth-order valence-corrected chi connectivity index (χ4v) is 4.62. The SMILES string of the molecule is CCC1CN(c2cc(F)c(N3CC4(CC4)C4(C3)OCCO4)c(F)c2)C(=O)O1. The summed E-state index contributed by atoms with van der Waals surface area (Å²) in [5.74, 6) is -2.13. The van der Waals surface area contributed by atoms with Gasteiger partial charge in [-0.15, -0.1) is 0 Å². The van der Waals surface area contributed by atoms with Crippen molar-refractivity contribution in [2.75, 3.05) is 42.6 Å². The third-order valence-electron chi connectivity index (χ3n) is 6.27. The van der Waals surface area contributed by atoms with E-state index in [0.29, 0.717) is 39.3 Å². The van der Waals surface area contributed by atoms with Crippen LogP contribution in [0.5, 0.6) is 0 Å². The number of carbonyl (C=O) groups excluding carboxylic acids is 1. The van der Waals surface area contributed by atoms with E-state index in [0.717, 1.165) is 12.8 Å². The van der Waals surface area contributed by atoms with Crippen molar-refractivity contribution in [2.24, 2.45) is 5.41 Å². The second-order valence-electron chi connectivity index (χ2n) is 7.87. The van der Waals surface area contributed by atoms with E-state index in [-0.39, 0.29) is 22.9 Å². The molecule has 4 fully saturated rings. The Balaban J connectivity index is 1.44. The van der Waals surface area contributed by atoms with Crippen LogP contribution in [0, 0.1) is 17.0 Å². The number of benzene rings is 1. The zero-order chi connectivity index (χ0) is 18.8. The van der Waals surface area contributed by atoms with Gasteiger partial charge in [-0.25, -0.2) is 13.6 Å². The Kier molecular flexibility index (Phi) is 3.68. The molecule has 1 aromatic carbocycles. The number of ether oxygens (including phenoxy) is 3. The van der Waals surface area contributed by atoms with Crippen LogP contribution < -0.4 is 9.80 Å². The first-order valence-corrected chi connectivity index (χ1v) is 9.47. The molecule has 5 rings (SSSR count). The van der Waals surface area contributed by atoms with Crippen LogP contribution in [0.1, 0.15) is 26.2 Å². The first-order chi connectivity index (χ1) is 13.0. The molecule has 0 bridgehead atoms. The Hall–Kier alpha value is -1.93. The highest BCUT2D eigenvalue weighted by Gasteiger charge is 2.68.